The highest BCUT2D eigenvalue weighted by atomic mass is 16.5. The topological polar surface area (TPSA) is 18.5 Å². The summed E-state index contributed by atoms with van der Waals surface area (Å²) in [5.74, 6) is 3.29. The van der Waals surface area contributed by atoms with Gasteiger partial charge >= 0.3 is 0 Å². The SMILES string of the molecule is COc1ccc(C2(c3ccc(-c4cccc5ccccc45)cc3)C=Cc3c4c(c5ccccc5c3O2)-c2ccccc2C42CC3CCC2C3)cc1. The summed E-state index contributed by atoms with van der Waals surface area (Å²) in [4.78, 5) is 0. The van der Waals surface area contributed by atoms with Crippen molar-refractivity contribution >= 4 is 27.6 Å². The van der Waals surface area contributed by atoms with Gasteiger partial charge in [-0.25, -0.2) is 0 Å². The lowest BCUT2D eigenvalue weighted by atomic mass is 9.65. The van der Waals surface area contributed by atoms with E-state index in [2.05, 4.69) is 152 Å². The van der Waals surface area contributed by atoms with Crippen molar-refractivity contribution in [1.29, 1.82) is 0 Å². The summed E-state index contributed by atoms with van der Waals surface area (Å²) in [6.07, 6.45) is 10.00. The van der Waals surface area contributed by atoms with E-state index in [0.717, 1.165) is 28.5 Å². The van der Waals surface area contributed by atoms with Crippen LogP contribution in [0.2, 0.25) is 0 Å². The molecule has 0 N–H and O–H groups in total. The lowest BCUT2D eigenvalue weighted by molar-refractivity contribution is 0.163. The van der Waals surface area contributed by atoms with Crippen molar-refractivity contribution in [1.82, 2.24) is 0 Å². The van der Waals surface area contributed by atoms with Gasteiger partial charge < -0.3 is 9.47 Å². The predicted octanol–water partition coefficient (Wildman–Crippen LogP) is 12.1. The van der Waals surface area contributed by atoms with Gasteiger partial charge in [-0.15, -0.1) is 0 Å². The number of hydrogen-bond donors (Lipinski definition) is 0. The predicted molar refractivity (Wildman–Crippen MR) is 208 cm³/mol. The van der Waals surface area contributed by atoms with Crippen LogP contribution in [0.25, 0.3) is 49.9 Å². The zero-order chi connectivity index (χ0) is 33.7. The first-order valence-electron chi connectivity index (χ1n) is 18.5. The van der Waals surface area contributed by atoms with Gasteiger partial charge in [0, 0.05) is 27.5 Å². The molecule has 2 saturated carbocycles. The molecule has 7 aromatic rings. The van der Waals surface area contributed by atoms with Crippen LogP contribution in [-0.4, -0.2) is 7.11 Å². The second kappa shape index (κ2) is 10.7. The molecule has 0 saturated heterocycles. The molecular formula is C49H38O2. The minimum absolute atomic E-state index is 0.0386. The summed E-state index contributed by atoms with van der Waals surface area (Å²) in [6.45, 7) is 0. The summed E-state index contributed by atoms with van der Waals surface area (Å²) in [5, 5.41) is 4.98. The first-order valence-corrected chi connectivity index (χ1v) is 18.5. The molecule has 2 bridgehead atoms. The van der Waals surface area contributed by atoms with Crippen molar-refractivity contribution < 1.29 is 9.47 Å². The van der Waals surface area contributed by atoms with Gasteiger partial charge in [0.2, 0.25) is 0 Å². The average Bonchev–Trinajstić information content (AvgIpc) is 3.90. The van der Waals surface area contributed by atoms with E-state index in [4.69, 9.17) is 9.47 Å². The Bertz CT molecular complexity index is 2560. The Morgan fingerprint density at radius 3 is 2.10 bits per heavy atom. The third kappa shape index (κ3) is 3.94. The van der Waals surface area contributed by atoms with E-state index in [9.17, 15) is 0 Å². The Balaban J connectivity index is 1.14. The molecule has 1 aliphatic heterocycles. The molecule has 2 fully saturated rings. The maximum Gasteiger partial charge on any atom is 0.178 e. The summed E-state index contributed by atoms with van der Waals surface area (Å²) in [7, 11) is 1.72. The quantitative estimate of drug-likeness (QED) is 0.187. The van der Waals surface area contributed by atoms with Gasteiger partial charge in [-0.3, -0.25) is 0 Å². The highest BCUT2D eigenvalue weighted by Gasteiger charge is 2.58. The fraction of sp³-hybridized carbons (Fsp3) is 0.184. The maximum absolute atomic E-state index is 7.67. The largest absolute Gasteiger partial charge is 0.497 e. The van der Waals surface area contributed by atoms with Gasteiger partial charge in [-0.05, 0) is 98.8 Å². The first kappa shape index (κ1) is 29.2. The molecular weight excluding hydrogens is 621 g/mol. The van der Waals surface area contributed by atoms with Crippen LogP contribution < -0.4 is 9.47 Å². The Kier molecular flexibility index (Phi) is 6.12. The Labute approximate surface area is 299 Å². The van der Waals surface area contributed by atoms with Crippen LogP contribution in [0.4, 0.5) is 0 Å². The fourth-order valence-corrected chi connectivity index (χ4v) is 10.7. The minimum Gasteiger partial charge on any atom is -0.497 e. The van der Waals surface area contributed by atoms with Crippen molar-refractivity contribution in [3.8, 4) is 33.8 Å². The molecule has 0 amide bonds. The van der Waals surface area contributed by atoms with Crippen molar-refractivity contribution in [2.45, 2.75) is 36.7 Å². The van der Waals surface area contributed by atoms with E-state index in [0.29, 0.717) is 5.92 Å². The zero-order valence-corrected chi connectivity index (χ0v) is 28.7. The standard InChI is InChI=1S/C49H38O2/c1-50-37-25-23-35(24-26-37)49(34-21-18-33(19-22-34)39-15-8-10-32-9-2-3-11-38(32)39)28-27-43-46-45(40-12-4-5-13-41(40)47(43)51-49)42-14-6-7-16-44(42)48(46)30-31-17-20-36(48)29-31/h2-16,18-19,21-28,31,36H,17,20,29-30H2,1H3. The van der Waals surface area contributed by atoms with Gasteiger partial charge in [0.05, 0.1) is 7.11 Å². The third-order valence-corrected chi connectivity index (χ3v) is 12.9. The highest BCUT2D eigenvalue weighted by molar-refractivity contribution is 6.08. The second-order valence-electron chi connectivity index (χ2n) is 15.1. The zero-order valence-electron chi connectivity index (χ0n) is 28.7. The molecule has 3 aliphatic carbocycles. The van der Waals surface area contributed by atoms with Gasteiger partial charge in [0.25, 0.3) is 0 Å². The third-order valence-electron chi connectivity index (χ3n) is 12.9. The first-order chi connectivity index (χ1) is 25.2. The van der Waals surface area contributed by atoms with E-state index in [1.54, 1.807) is 7.11 Å². The molecule has 1 heterocycles. The molecule has 4 unspecified atom stereocenters. The molecule has 7 aromatic carbocycles. The van der Waals surface area contributed by atoms with E-state index < -0.39 is 5.60 Å². The Morgan fingerprint density at radius 2 is 1.33 bits per heavy atom. The monoisotopic (exact) mass is 658 g/mol. The molecule has 2 heteroatoms. The van der Waals surface area contributed by atoms with Crippen LogP contribution in [0.1, 0.15) is 53.5 Å². The molecule has 1 spiro atoms. The summed E-state index contributed by atoms with van der Waals surface area (Å²) >= 11 is 0. The van der Waals surface area contributed by atoms with Gasteiger partial charge in [0.15, 0.2) is 5.60 Å². The van der Waals surface area contributed by atoms with Gasteiger partial charge in [0.1, 0.15) is 11.5 Å². The van der Waals surface area contributed by atoms with Crippen LogP contribution in [0.5, 0.6) is 11.5 Å². The minimum atomic E-state index is -0.832. The molecule has 0 aromatic heterocycles. The lowest BCUT2D eigenvalue weighted by Crippen LogP contribution is -2.36. The lowest BCUT2D eigenvalue weighted by Gasteiger charge is -2.41. The van der Waals surface area contributed by atoms with Crippen LogP contribution >= 0.6 is 0 Å². The molecule has 246 valence electrons. The van der Waals surface area contributed by atoms with Crippen molar-refractivity contribution in [2.24, 2.45) is 11.8 Å². The molecule has 4 aliphatic rings. The van der Waals surface area contributed by atoms with E-state index in [-0.39, 0.29) is 5.41 Å². The van der Waals surface area contributed by atoms with Crippen LogP contribution in [0.15, 0.2) is 146 Å². The Hall–Kier alpha value is -5.60. The van der Waals surface area contributed by atoms with E-state index in [1.165, 1.54) is 86.2 Å². The smallest absolute Gasteiger partial charge is 0.178 e. The van der Waals surface area contributed by atoms with Crippen LogP contribution in [-0.2, 0) is 11.0 Å². The number of benzene rings is 7. The molecule has 0 radical (unpaired) electrons. The van der Waals surface area contributed by atoms with Gasteiger partial charge in [-0.1, -0.05) is 140 Å². The van der Waals surface area contributed by atoms with Crippen LogP contribution in [0, 0.1) is 11.8 Å². The molecule has 11 rings (SSSR count). The van der Waals surface area contributed by atoms with E-state index >= 15 is 0 Å². The van der Waals surface area contributed by atoms with Crippen molar-refractivity contribution in [3.05, 3.63) is 173 Å². The fourth-order valence-electron chi connectivity index (χ4n) is 10.7. The summed E-state index contributed by atoms with van der Waals surface area (Å²) in [6, 6.07) is 50.9. The molecule has 2 nitrogen and oxygen atoms in total. The second-order valence-corrected chi connectivity index (χ2v) is 15.1. The number of fused-ring (bicyclic) bond motifs is 14. The number of rotatable bonds is 4. The van der Waals surface area contributed by atoms with Crippen molar-refractivity contribution in [3.63, 3.8) is 0 Å². The summed E-state index contributed by atoms with van der Waals surface area (Å²) in [5.41, 5.74) is 11.0. The normalized spacial score (nSPS) is 23.7. The Morgan fingerprint density at radius 1 is 0.647 bits per heavy atom. The summed E-state index contributed by atoms with van der Waals surface area (Å²) < 4.78 is 13.3. The number of ether oxygens (including phenoxy) is 2. The van der Waals surface area contributed by atoms with Crippen molar-refractivity contribution in [2.75, 3.05) is 7.11 Å². The highest BCUT2D eigenvalue weighted by Crippen LogP contribution is 2.68. The molecule has 51 heavy (non-hydrogen) atoms. The van der Waals surface area contributed by atoms with E-state index in [1.807, 2.05) is 0 Å². The molecule has 4 atom stereocenters. The average molecular weight is 659 g/mol. The number of methoxy groups -OCH3 is 1. The van der Waals surface area contributed by atoms with Gasteiger partial charge in [-0.2, -0.15) is 0 Å². The maximum atomic E-state index is 7.67. The number of hydrogen-bond acceptors (Lipinski definition) is 2. The van der Waals surface area contributed by atoms with Crippen LogP contribution in [0.3, 0.4) is 0 Å².